The molecule has 0 fully saturated rings. The molecule has 0 spiro atoms. The molecule has 0 aliphatic carbocycles. The highest BCUT2D eigenvalue weighted by Gasteiger charge is 2.20. The summed E-state index contributed by atoms with van der Waals surface area (Å²) in [5.74, 6) is -5.75. The van der Waals surface area contributed by atoms with Crippen molar-refractivity contribution in [1.82, 2.24) is 0 Å². The highest BCUT2D eigenvalue weighted by atomic mass is 19.1. The van der Waals surface area contributed by atoms with Crippen molar-refractivity contribution >= 4 is 23.9 Å². The molecule has 3 aromatic rings. The van der Waals surface area contributed by atoms with E-state index in [0.717, 1.165) is 43.9 Å². The Morgan fingerprint density at radius 3 is 1.65 bits per heavy atom. The van der Waals surface area contributed by atoms with Gasteiger partial charge in [-0.2, -0.15) is 0 Å². The summed E-state index contributed by atoms with van der Waals surface area (Å²) < 4.78 is 60.6. The minimum absolute atomic E-state index is 0.0318. The smallest absolute Gasteiger partial charge is 0.343 e. The van der Waals surface area contributed by atoms with Crippen LogP contribution in [-0.2, 0) is 19.1 Å². The molecule has 254 valence electrons. The van der Waals surface area contributed by atoms with Crippen molar-refractivity contribution in [2.45, 2.75) is 39.0 Å². The molecule has 0 saturated carbocycles. The Morgan fingerprint density at radius 1 is 0.646 bits per heavy atom. The monoisotopic (exact) mass is 666 g/mol. The van der Waals surface area contributed by atoms with Gasteiger partial charge in [-0.1, -0.05) is 13.2 Å². The first kappa shape index (κ1) is 36.9. The lowest BCUT2D eigenvalue weighted by atomic mass is 10.2. The molecule has 48 heavy (non-hydrogen) atoms. The molecule has 0 amide bonds. The van der Waals surface area contributed by atoms with E-state index in [0.29, 0.717) is 36.7 Å². The number of benzene rings is 3. The first-order valence-corrected chi connectivity index (χ1v) is 15.1. The number of rotatable bonds is 19. The Kier molecular flexibility index (Phi) is 14.8. The van der Waals surface area contributed by atoms with E-state index in [1.54, 1.807) is 6.92 Å². The van der Waals surface area contributed by atoms with E-state index in [4.69, 9.17) is 28.4 Å². The number of halogens is 2. The van der Waals surface area contributed by atoms with Crippen molar-refractivity contribution < 1.29 is 56.4 Å². The van der Waals surface area contributed by atoms with Gasteiger partial charge >= 0.3 is 23.9 Å². The van der Waals surface area contributed by atoms with Crippen LogP contribution in [-0.4, -0.2) is 50.3 Å². The van der Waals surface area contributed by atoms with Gasteiger partial charge in [-0.3, -0.25) is 0 Å². The summed E-state index contributed by atoms with van der Waals surface area (Å²) >= 11 is 0. The third-order valence-electron chi connectivity index (χ3n) is 6.41. The van der Waals surface area contributed by atoms with Gasteiger partial charge in [0.15, 0.2) is 11.6 Å². The van der Waals surface area contributed by atoms with Crippen LogP contribution in [0, 0.1) is 11.6 Å². The summed E-state index contributed by atoms with van der Waals surface area (Å²) in [6.45, 7) is 9.56. The fourth-order valence-corrected chi connectivity index (χ4v) is 3.90. The molecule has 0 aromatic heterocycles. The van der Waals surface area contributed by atoms with Crippen LogP contribution in [0.3, 0.4) is 0 Å². The molecule has 10 nitrogen and oxygen atoms in total. The lowest BCUT2D eigenvalue weighted by Gasteiger charge is -2.11. The zero-order valence-electron chi connectivity index (χ0n) is 26.5. The Labute approximate surface area is 276 Å². The predicted octanol–water partition coefficient (Wildman–Crippen LogP) is 6.96. The molecule has 0 atom stereocenters. The number of hydrogen-bond donors (Lipinski definition) is 0. The molecule has 0 bridgehead atoms. The van der Waals surface area contributed by atoms with E-state index in [9.17, 15) is 28.0 Å². The van der Waals surface area contributed by atoms with Crippen LogP contribution in [0.15, 0.2) is 85.5 Å². The SMILES string of the molecule is C=CC(=O)OCCCCCCOc1ccc(C(=O)Oc2c(F)cc(OC(=O)c3ccc(OCCCOC(=O)C(=C)C)cc3)cc2F)cc1. The number of esters is 4. The number of hydrogen-bond acceptors (Lipinski definition) is 10. The van der Waals surface area contributed by atoms with Crippen molar-refractivity contribution in [2.24, 2.45) is 0 Å². The standard InChI is InChI=1S/C36H36F2O10/c1-4-32(39)45-19-8-6-5-7-18-43-27-16-12-26(13-17-27)36(42)48-33-30(37)22-29(23-31(33)38)47-35(41)25-10-14-28(15-11-25)44-20-9-21-46-34(40)24(2)3/h4,10-17,22-23H,1-2,5-9,18-21H2,3H3. The third-order valence-corrected chi connectivity index (χ3v) is 6.41. The molecule has 0 heterocycles. The van der Waals surface area contributed by atoms with E-state index >= 15 is 0 Å². The summed E-state index contributed by atoms with van der Waals surface area (Å²) in [6, 6.07) is 13.2. The molecule has 0 radical (unpaired) electrons. The van der Waals surface area contributed by atoms with E-state index in [-0.39, 0.29) is 24.3 Å². The molecule has 3 rings (SSSR count). The van der Waals surface area contributed by atoms with Crippen LogP contribution in [0.5, 0.6) is 23.0 Å². The number of unbranched alkanes of at least 4 members (excludes halogenated alkanes) is 3. The average Bonchev–Trinajstić information content (AvgIpc) is 3.07. The molecule has 0 N–H and O–H groups in total. The topological polar surface area (TPSA) is 124 Å². The average molecular weight is 667 g/mol. The largest absolute Gasteiger partial charge is 0.494 e. The zero-order chi connectivity index (χ0) is 34.9. The fourth-order valence-electron chi connectivity index (χ4n) is 3.90. The Balaban J connectivity index is 1.43. The van der Waals surface area contributed by atoms with Crippen molar-refractivity contribution in [3.8, 4) is 23.0 Å². The van der Waals surface area contributed by atoms with Gasteiger partial charge in [-0.25, -0.2) is 28.0 Å². The van der Waals surface area contributed by atoms with Crippen LogP contribution in [0.4, 0.5) is 8.78 Å². The summed E-state index contributed by atoms with van der Waals surface area (Å²) in [7, 11) is 0. The Morgan fingerprint density at radius 2 is 1.12 bits per heavy atom. The van der Waals surface area contributed by atoms with E-state index in [1.165, 1.54) is 48.5 Å². The second kappa shape index (κ2) is 19.2. The maximum Gasteiger partial charge on any atom is 0.343 e. The minimum Gasteiger partial charge on any atom is -0.494 e. The van der Waals surface area contributed by atoms with Gasteiger partial charge in [0.1, 0.15) is 17.2 Å². The van der Waals surface area contributed by atoms with Gasteiger partial charge in [-0.15, -0.1) is 0 Å². The van der Waals surface area contributed by atoms with Gasteiger partial charge in [-0.05, 0) is 81.1 Å². The zero-order valence-corrected chi connectivity index (χ0v) is 26.5. The molecule has 0 saturated heterocycles. The normalized spacial score (nSPS) is 10.4. The molecule has 0 unspecified atom stereocenters. The lowest BCUT2D eigenvalue weighted by molar-refractivity contribution is -0.139. The predicted molar refractivity (Wildman–Crippen MR) is 170 cm³/mol. The van der Waals surface area contributed by atoms with Crippen LogP contribution >= 0.6 is 0 Å². The van der Waals surface area contributed by atoms with E-state index in [2.05, 4.69) is 13.2 Å². The second-order valence-corrected chi connectivity index (χ2v) is 10.3. The molecule has 12 heteroatoms. The van der Waals surface area contributed by atoms with Crippen LogP contribution in [0.25, 0.3) is 0 Å². The molecular weight excluding hydrogens is 630 g/mol. The third kappa shape index (κ3) is 12.3. The maximum atomic E-state index is 14.7. The van der Waals surface area contributed by atoms with Crippen molar-refractivity contribution in [1.29, 1.82) is 0 Å². The van der Waals surface area contributed by atoms with Gasteiger partial charge < -0.3 is 28.4 Å². The van der Waals surface area contributed by atoms with Gasteiger partial charge in [0.2, 0.25) is 5.75 Å². The molecule has 0 aliphatic rings. The minimum atomic E-state index is -1.25. The second-order valence-electron chi connectivity index (χ2n) is 10.3. The lowest BCUT2D eigenvalue weighted by Crippen LogP contribution is -2.12. The number of carbonyl (C=O) groups is 4. The highest BCUT2D eigenvalue weighted by Crippen LogP contribution is 2.29. The molecular formula is C36H36F2O10. The fraction of sp³-hybridized carbons (Fsp3) is 0.278. The Hall–Kier alpha value is -5.52. The summed E-state index contributed by atoms with van der Waals surface area (Å²) in [5, 5.41) is 0. The van der Waals surface area contributed by atoms with E-state index < -0.39 is 47.0 Å². The van der Waals surface area contributed by atoms with Crippen molar-refractivity contribution in [3.63, 3.8) is 0 Å². The first-order chi connectivity index (χ1) is 23.1. The van der Waals surface area contributed by atoms with Gasteiger partial charge in [0.05, 0.1) is 37.6 Å². The van der Waals surface area contributed by atoms with Gasteiger partial charge in [0, 0.05) is 30.2 Å². The van der Waals surface area contributed by atoms with E-state index in [1.807, 2.05) is 0 Å². The van der Waals surface area contributed by atoms with Crippen LogP contribution < -0.4 is 18.9 Å². The first-order valence-electron chi connectivity index (χ1n) is 15.1. The summed E-state index contributed by atoms with van der Waals surface area (Å²) in [4.78, 5) is 47.4. The molecule has 0 aliphatic heterocycles. The van der Waals surface area contributed by atoms with Crippen LogP contribution in [0.1, 0.15) is 59.7 Å². The Bertz CT molecular complexity index is 1560. The summed E-state index contributed by atoms with van der Waals surface area (Å²) in [5.41, 5.74) is 0.422. The van der Waals surface area contributed by atoms with Gasteiger partial charge in [0.25, 0.3) is 0 Å². The van der Waals surface area contributed by atoms with Crippen LogP contribution in [0.2, 0.25) is 0 Å². The quantitative estimate of drug-likeness (QED) is 0.0574. The number of carbonyl (C=O) groups excluding carboxylic acids is 4. The van der Waals surface area contributed by atoms with Crippen molar-refractivity contribution in [3.05, 3.63) is 108 Å². The number of ether oxygens (including phenoxy) is 6. The maximum absolute atomic E-state index is 14.7. The summed E-state index contributed by atoms with van der Waals surface area (Å²) in [6.07, 6.45) is 4.79. The molecule has 3 aromatic carbocycles. The van der Waals surface area contributed by atoms with Crippen molar-refractivity contribution in [2.75, 3.05) is 26.4 Å². The highest BCUT2D eigenvalue weighted by molar-refractivity contribution is 5.92.